The van der Waals surface area contributed by atoms with Crippen molar-refractivity contribution in [2.45, 2.75) is 38.6 Å². The Hall–Kier alpha value is -1.84. The Kier molecular flexibility index (Phi) is 3.72. The molecule has 0 saturated heterocycles. The van der Waals surface area contributed by atoms with Crippen LogP contribution in [-0.4, -0.2) is 20.8 Å². The van der Waals surface area contributed by atoms with Crippen molar-refractivity contribution < 1.29 is 0 Å². The van der Waals surface area contributed by atoms with Crippen molar-refractivity contribution in [1.29, 1.82) is 0 Å². The summed E-state index contributed by atoms with van der Waals surface area (Å²) >= 11 is 0. The molecule has 1 aliphatic rings. The first-order valence-electron chi connectivity index (χ1n) is 7.45. The van der Waals surface area contributed by atoms with Crippen LogP contribution in [0, 0.1) is 5.92 Å². The molecule has 0 bridgehead atoms. The van der Waals surface area contributed by atoms with Crippen molar-refractivity contribution in [1.82, 2.24) is 14.8 Å². The van der Waals surface area contributed by atoms with Gasteiger partial charge in [-0.25, -0.2) is 0 Å². The summed E-state index contributed by atoms with van der Waals surface area (Å²) < 4.78 is 1.94. The van der Waals surface area contributed by atoms with Gasteiger partial charge in [0.2, 0.25) is 0 Å². The van der Waals surface area contributed by atoms with Crippen molar-refractivity contribution in [3.8, 4) is 11.4 Å². The lowest BCUT2D eigenvalue weighted by molar-refractivity contribution is 0.482. The van der Waals surface area contributed by atoms with E-state index in [2.05, 4.69) is 46.7 Å². The van der Waals surface area contributed by atoms with E-state index in [0.29, 0.717) is 6.04 Å². The van der Waals surface area contributed by atoms with E-state index in [0.717, 1.165) is 17.3 Å². The minimum atomic E-state index is 0.534. The minimum absolute atomic E-state index is 0.534. The van der Waals surface area contributed by atoms with Gasteiger partial charge in [0, 0.05) is 24.3 Å². The normalized spacial score (nSPS) is 17.3. The highest BCUT2D eigenvalue weighted by Crippen LogP contribution is 2.30. The Morgan fingerprint density at radius 3 is 2.80 bits per heavy atom. The molecule has 1 heterocycles. The SMILES string of the molecule is CC(Nc1cccc(-c2nncn2C)c1)C1CCCC1. The molecule has 106 valence electrons. The molecule has 1 aromatic heterocycles. The van der Waals surface area contributed by atoms with Crippen molar-refractivity contribution in [3.05, 3.63) is 30.6 Å². The van der Waals surface area contributed by atoms with Crippen LogP contribution in [-0.2, 0) is 7.05 Å². The summed E-state index contributed by atoms with van der Waals surface area (Å²) in [4.78, 5) is 0. The zero-order valence-corrected chi connectivity index (χ0v) is 12.2. The van der Waals surface area contributed by atoms with Gasteiger partial charge in [-0.1, -0.05) is 25.0 Å². The van der Waals surface area contributed by atoms with Crippen LogP contribution in [0.25, 0.3) is 11.4 Å². The van der Waals surface area contributed by atoms with E-state index in [9.17, 15) is 0 Å². The van der Waals surface area contributed by atoms with E-state index in [1.807, 2.05) is 11.6 Å². The molecule has 0 spiro atoms. The molecular formula is C16H22N4. The number of benzene rings is 1. The number of nitrogens with zero attached hydrogens (tertiary/aromatic N) is 3. The van der Waals surface area contributed by atoms with Gasteiger partial charge < -0.3 is 9.88 Å². The molecule has 0 amide bonds. The fraction of sp³-hybridized carbons (Fsp3) is 0.500. The average Bonchev–Trinajstić information content (AvgIpc) is 3.10. The highest BCUT2D eigenvalue weighted by Gasteiger charge is 2.21. The van der Waals surface area contributed by atoms with Crippen LogP contribution in [0.2, 0.25) is 0 Å². The quantitative estimate of drug-likeness (QED) is 0.925. The molecule has 0 radical (unpaired) electrons. The Labute approximate surface area is 120 Å². The van der Waals surface area contributed by atoms with E-state index in [1.54, 1.807) is 6.33 Å². The maximum Gasteiger partial charge on any atom is 0.163 e. The Morgan fingerprint density at radius 2 is 2.10 bits per heavy atom. The topological polar surface area (TPSA) is 42.7 Å². The second kappa shape index (κ2) is 5.65. The molecule has 20 heavy (non-hydrogen) atoms. The highest BCUT2D eigenvalue weighted by atomic mass is 15.2. The van der Waals surface area contributed by atoms with Crippen LogP contribution in [0.5, 0.6) is 0 Å². The van der Waals surface area contributed by atoms with E-state index in [4.69, 9.17) is 0 Å². The fourth-order valence-corrected chi connectivity index (χ4v) is 3.13. The largest absolute Gasteiger partial charge is 0.382 e. The standard InChI is InChI=1S/C16H22N4/c1-12(13-6-3-4-7-13)18-15-9-5-8-14(10-15)16-19-17-11-20(16)2/h5,8-13,18H,3-4,6-7H2,1-2H3. The molecule has 4 nitrogen and oxygen atoms in total. The first-order chi connectivity index (χ1) is 9.74. The fourth-order valence-electron chi connectivity index (χ4n) is 3.13. The molecule has 1 aliphatic carbocycles. The maximum atomic E-state index is 4.17. The highest BCUT2D eigenvalue weighted by molar-refractivity contribution is 5.62. The number of aromatic nitrogens is 3. The zero-order chi connectivity index (χ0) is 13.9. The summed E-state index contributed by atoms with van der Waals surface area (Å²) in [6.07, 6.45) is 7.22. The lowest BCUT2D eigenvalue weighted by Gasteiger charge is -2.21. The minimum Gasteiger partial charge on any atom is -0.382 e. The molecule has 0 aliphatic heterocycles. The molecule has 2 aromatic rings. The molecule has 1 atom stereocenters. The van der Waals surface area contributed by atoms with Crippen molar-refractivity contribution in [2.75, 3.05) is 5.32 Å². The van der Waals surface area contributed by atoms with Gasteiger partial charge in [0.05, 0.1) is 0 Å². The molecule has 1 fully saturated rings. The van der Waals surface area contributed by atoms with Gasteiger partial charge in [-0.3, -0.25) is 0 Å². The number of hydrogen-bond donors (Lipinski definition) is 1. The average molecular weight is 270 g/mol. The van der Waals surface area contributed by atoms with Crippen LogP contribution in [0.3, 0.4) is 0 Å². The number of nitrogens with one attached hydrogen (secondary N) is 1. The van der Waals surface area contributed by atoms with Crippen LogP contribution in [0.1, 0.15) is 32.6 Å². The van der Waals surface area contributed by atoms with Gasteiger partial charge in [-0.2, -0.15) is 0 Å². The monoisotopic (exact) mass is 270 g/mol. The van der Waals surface area contributed by atoms with Gasteiger partial charge >= 0.3 is 0 Å². The number of anilines is 1. The summed E-state index contributed by atoms with van der Waals surface area (Å²) in [5.74, 6) is 1.72. The predicted octanol–water partition coefficient (Wildman–Crippen LogP) is 3.47. The molecular weight excluding hydrogens is 248 g/mol. The van der Waals surface area contributed by atoms with Gasteiger partial charge in [-0.15, -0.1) is 10.2 Å². The lowest BCUT2D eigenvalue weighted by atomic mass is 9.99. The Morgan fingerprint density at radius 1 is 1.30 bits per heavy atom. The summed E-state index contributed by atoms with van der Waals surface area (Å²) in [6.45, 7) is 2.30. The predicted molar refractivity (Wildman–Crippen MR) is 81.5 cm³/mol. The smallest absolute Gasteiger partial charge is 0.163 e. The second-order valence-electron chi connectivity index (χ2n) is 5.82. The van der Waals surface area contributed by atoms with Crippen molar-refractivity contribution >= 4 is 5.69 Å². The number of aryl methyl sites for hydroxylation is 1. The molecule has 3 rings (SSSR count). The van der Waals surface area contributed by atoms with Crippen molar-refractivity contribution in [3.63, 3.8) is 0 Å². The van der Waals surface area contributed by atoms with Gasteiger partial charge in [0.25, 0.3) is 0 Å². The maximum absolute atomic E-state index is 4.17. The van der Waals surface area contributed by atoms with Gasteiger partial charge in [0.1, 0.15) is 6.33 Å². The number of hydrogen-bond acceptors (Lipinski definition) is 3. The third kappa shape index (κ3) is 2.69. The first kappa shape index (κ1) is 13.2. The summed E-state index contributed by atoms with van der Waals surface area (Å²) in [6, 6.07) is 8.98. The molecule has 1 unspecified atom stereocenters. The number of rotatable bonds is 4. The third-order valence-electron chi connectivity index (χ3n) is 4.33. The molecule has 1 aromatic carbocycles. The lowest BCUT2D eigenvalue weighted by Crippen LogP contribution is -2.23. The van der Waals surface area contributed by atoms with Crippen LogP contribution in [0.15, 0.2) is 30.6 Å². The van der Waals surface area contributed by atoms with Crippen LogP contribution < -0.4 is 5.32 Å². The summed E-state index contributed by atoms with van der Waals surface area (Å²) in [5.41, 5.74) is 2.28. The van der Waals surface area contributed by atoms with Crippen molar-refractivity contribution in [2.24, 2.45) is 13.0 Å². The van der Waals surface area contributed by atoms with E-state index in [-0.39, 0.29) is 0 Å². The van der Waals surface area contributed by atoms with E-state index < -0.39 is 0 Å². The van der Waals surface area contributed by atoms with E-state index in [1.165, 1.54) is 31.4 Å². The van der Waals surface area contributed by atoms with Gasteiger partial charge in [0.15, 0.2) is 5.82 Å². The summed E-state index contributed by atoms with van der Waals surface area (Å²) in [7, 11) is 1.97. The van der Waals surface area contributed by atoms with E-state index >= 15 is 0 Å². The Balaban J connectivity index is 1.76. The Bertz CT molecular complexity index is 569. The molecule has 1 saturated carbocycles. The van der Waals surface area contributed by atoms with Crippen LogP contribution >= 0.6 is 0 Å². The van der Waals surface area contributed by atoms with Gasteiger partial charge in [-0.05, 0) is 37.8 Å². The first-order valence-corrected chi connectivity index (χ1v) is 7.45. The second-order valence-corrected chi connectivity index (χ2v) is 5.82. The molecule has 4 heteroatoms. The summed E-state index contributed by atoms with van der Waals surface area (Å²) in [5, 5.41) is 11.8. The zero-order valence-electron chi connectivity index (χ0n) is 12.2. The van der Waals surface area contributed by atoms with Crippen LogP contribution in [0.4, 0.5) is 5.69 Å². The third-order valence-corrected chi connectivity index (χ3v) is 4.33. The molecule has 1 N–H and O–H groups in total.